The Morgan fingerprint density at radius 3 is 2.58 bits per heavy atom. The zero-order chi connectivity index (χ0) is 16.9. The second-order valence-corrected chi connectivity index (χ2v) is 6.99. The number of rotatable bonds is 7. The molecule has 0 unspecified atom stereocenters. The predicted molar refractivity (Wildman–Crippen MR) is 98.6 cm³/mol. The molecule has 2 heterocycles. The van der Waals surface area contributed by atoms with Crippen molar-refractivity contribution in [3.8, 4) is 0 Å². The number of hydrogen-bond donors (Lipinski definition) is 1. The summed E-state index contributed by atoms with van der Waals surface area (Å²) in [6.45, 7) is 1.18. The molecule has 1 fully saturated rings. The highest BCUT2D eigenvalue weighted by atomic mass is 32.2. The van der Waals surface area contributed by atoms with Gasteiger partial charge in [-0.25, -0.2) is 9.67 Å². The van der Waals surface area contributed by atoms with Gasteiger partial charge in [0.15, 0.2) is 5.11 Å². The van der Waals surface area contributed by atoms with Crippen LogP contribution in [-0.4, -0.2) is 48.7 Å². The summed E-state index contributed by atoms with van der Waals surface area (Å²) in [7, 11) is 0. The van der Waals surface area contributed by atoms with Crippen LogP contribution in [0.3, 0.4) is 0 Å². The zero-order valence-corrected chi connectivity index (χ0v) is 15.0. The lowest BCUT2D eigenvalue weighted by Gasteiger charge is -2.15. The maximum absolute atomic E-state index is 12.5. The summed E-state index contributed by atoms with van der Waals surface area (Å²) in [5.41, 5.74) is 2.19. The molecule has 1 saturated heterocycles. The van der Waals surface area contributed by atoms with Gasteiger partial charge in [-0.1, -0.05) is 24.3 Å². The van der Waals surface area contributed by atoms with Gasteiger partial charge in [-0.05, 0) is 41.8 Å². The summed E-state index contributed by atoms with van der Waals surface area (Å²) >= 11 is 7.05. The quantitative estimate of drug-likeness (QED) is 0.757. The third-order valence-electron chi connectivity index (χ3n) is 3.89. The summed E-state index contributed by atoms with van der Waals surface area (Å²) in [6.07, 6.45) is 6.05. The average Bonchev–Trinajstić information content (AvgIpc) is 3.18. The van der Waals surface area contributed by atoms with Crippen molar-refractivity contribution in [2.75, 3.05) is 12.0 Å². The molecule has 0 spiro atoms. The molecule has 1 aromatic heterocycles. The highest BCUT2D eigenvalue weighted by Crippen LogP contribution is 2.16. The molecule has 24 heavy (non-hydrogen) atoms. The van der Waals surface area contributed by atoms with Crippen molar-refractivity contribution in [2.45, 2.75) is 25.6 Å². The van der Waals surface area contributed by atoms with Crippen LogP contribution in [0.15, 0.2) is 36.9 Å². The number of carbonyl (C=O) groups is 1. The summed E-state index contributed by atoms with van der Waals surface area (Å²) in [5, 5.41) is 7.75. The second-order valence-electron chi connectivity index (χ2n) is 5.62. The Kier molecular flexibility index (Phi) is 5.47. The minimum Gasteiger partial charge on any atom is -0.350 e. The molecule has 3 rings (SSSR count). The van der Waals surface area contributed by atoms with E-state index in [0.717, 1.165) is 23.3 Å². The van der Waals surface area contributed by atoms with Crippen molar-refractivity contribution in [2.24, 2.45) is 0 Å². The number of hydrogen-bond acceptors (Lipinski definition) is 5. The Bertz CT molecular complexity index is 702. The Labute approximate surface area is 150 Å². The van der Waals surface area contributed by atoms with Crippen LogP contribution in [0.2, 0.25) is 0 Å². The zero-order valence-electron chi connectivity index (χ0n) is 13.4. The molecule has 1 aliphatic rings. The highest BCUT2D eigenvalue weighted by Gasteiger charge is 2.34. The van der Waals surface area contributed by atoms with Crippen LogP contribution < -0.4 is 5.32 Å². The standard InChI is InChI=1S/C16H19N5OS2/c1-24-7-6-14-15(22)21(16(23)19-14)9-13-4-2-12(3-5-13)8-20-11-17-10-18-20/h2-5,10-11,14H,6-9H2,1H3,(H,19,23)/t14-/m0/s1. The Balaban J connectivity index is 1.61. The first-order chi connectivity index (χ1) is 11.7. The van der Waals surface area contributed by atoms with E-state index in [0.29, 0.717) is 18.2 Å². The van der Waals surface area contributed by atoms with Gasteiger partial charge in [0.25, 0.3) is 5.91 Å². The van der Waals surface area contributed by atoms with Crippen LogP contribution >= 0.6 is 24.0 Å². The fraction of sp³-hybridized carbons (Fsp3) is 0.375. The topological polar surface area (TPSA) is 63.1 Å². The van der Waals surface area contributed by atoms with Gasteiger partial charge in [-0.3, -0.25) is 9.69 Å². The highest BCUT2D eigenvalue weighted by molar-refractivity contribution is 7.98. The third-order valence-corrected chi connectivity index (χ3v) is 4.87. The minimum absolute atomic E-state index is 0.0701. The van der Waals surface area contributed by atoms with Gasteiger partial charge in [0.05, 0.1) is 13.1 Å². The van der Waals surface area contributed by atoms with Gasteiger partial charge in [0.1, 0.15) is 18.7 Å². The third kappa shape index (κ3) is 3.93. The fourth-order valence-electron chi connectivity index (χ4n) is 2.59. The van der Waals surface area contributed by atoms with Crippen LogP contribution in [0.25, 0.3) is 0 Å². The molecule has 1 aromatic carbocycles. The first-order valence-corrected chi connectivity index (χ1v) is 9.48. The van der Waals surface area contributed by atoms with Crippen molar-refractivity contribution < 1.29 is 4.79 Å². The molecule has 1 amide bonds. The number of carbonyl (C=O) groups excluding carboxylic acids is 1. The molecule has 8 heteroatoms. The van der Waals surface area contributed by atoms with E-state index in [2.05, 4.69) is 15.4 Å². The molecule has 6 nitrogen and oxygen atoms in total. The van der Waals surface area contributed by atoms with Gasteiger partial charge < -0.3 is 5.32 Å². The number of thioether (sulfide) groups is 1. The summed E-state index contributed by atoms with van der Waals surface area (Å²) in [4.78, 5) is 18.0. The van der Waals surface area contributed by atoms with E-state index < -0.39 is 0 Å². The molecule has 0 saturated carbocycles. The average molecular weight is 361 g/mol. The SMILES string of the molecule is CSCC[C@@H]1NC(=S)N(Cc2ccc(Cn3cncn3)cc2)C1=O. The van der Waals surface area contributed by atoms with E-state index in [1.165, 1.54) is 6.33 Å². The molecule has 0 aliphatic carbocycles. The van der Waals surface area contributed by atoms with E-state index >= 15 is 0 Å². The molecule has 1 atom stereocenters. The van der Waals surface area contributed by atoms with Crippen molar-refractivity contribution in [3.05, 3.63) is 48.0 Å². The lowest BCUT2D eigenvalue weighted by Crippen LogP contribution is -2.31. The molecular weight excluding hydrogens is 342 g/mol. The van der Waals surface area contributed by atoms with E-state index in [-0.39, 0.29) is 11.9 Å². The number of benzene rings is 1. The number of aromatic nitrogens is 3. The van der Waals surface area contributed by atoms with Crippen molar-refractivity contribution in [1.82, 2.24) is 25.0 Å². The van der Waals surface area contributed by atoms with E-state index in [9.17, 15) is 4.79 Å². The lowest BCUT2D eigenvalue weighted by atomic mass is 10.1. The monoisotopic (exact) mass is 361 g/mol. The number of amides is 1. The van der Waals surface area contributed by atoms with E-state index in [4.69, 9.17) is 12.2 Å². The maximum atomic E-state index is 12.5. The minimum atomic E-state index is -0.184. The lowest BCUT2D eigenvalue weighted by molar-refractivity contribution is -0.127. The first kappa shape index (κ1) is 16.9. The number of nitrogens with zero attached hydrogens (tertiary/aromatic N) is 4. The molecule has 0 bridgehead atoms. The second kappa shape index (κ2) is 7.76. The van der Waals surface area contributed by atoms with Crippen molar-refractivity contribution in [1.29, 1.82) is 0 Å². The van der Waals surface area contributed by atoms with Crippen LogP contribution in [0.1, 0.15) is 17.5 Å². The van der Waals surface area contributed by atoms with Gasteiger partial charge in [-0.15, -0.1) is 0 Å². The van der Waals surface area contributed by atoms with Gasteiger partial charge >= 0.3 is 0 Å². The summed E-state index contributed by atoms with van der Waals surface area (Å²) < 4.78 is 1.77. The molecular formula is C16H19N5OS2. The molecule has 126 valence electrons. The molecule has 2 aromatic rings. The largest absolute Gasteiger partial charge is 0.350 e. The molecule has 1 aliphatic heterocycles. The van der Waals surface area contributed by atoms with Crippen LogP contribution in [-0.2, 0) is 17.9 Å². The number of thiocarbonyl (C=S) groups is 1. The van der Waals surface area contributed by atoms with Gasteiger partial charge in [0.2, 0.25) is 0 Å². The Morgan fingerprint density at radius 2 is 1.96 bits per heavy atom. The van der Waals surface area contributed by atoms with Crippen molar-refractivity contribution >= 4 is 35.0 Å². The predicted octanol–water partition coefficient (Wildman–Crippen LogP) is 1.66. The van der Waals surface area contributed by atoms with Crippen LogP contribution in [0.5, 0.6) is 0 Å². The number of nitrogens with one attached hydrogen (secondary N) is 1. The molecule has 1 N–H and O–H groups in total. The maximum Gasteiger partial charge on any atom is 0.251 e. The first-order valence-electron chi connectivity index (χ1n) is 7.68. The Hall–Kier alpha value is -1.93. The smallest absolute Gasteiger partial charge is 0.251 e. The van der Waals surface area contributed by atoms with Crippen molar-refractivity contribution in [3.63, 3.8) is 0 Å². The summed E-state index contributed by atoms with van der Waals surface area (Å²) in [6, 6.07) is 7.95. The fourth-order valence-corrected chi connectivity index (χ4v) is 3.36. The normalized spacial score (nSPS) is 17.4. The van der Waals surface area contributed by atoms with Crippen LogP contribution in [0, 0.1) is 0 Å². The van der Waals surface area contributed by atoms with Gasteiger partial charge in [-0.2, -0.15) is 16.9 Å². The summed E-state index contributed by atoms with van der Waals surface area (Å²) in [5.74, 6) is 1.01. The van der Waals surface area contributed by atoms with E-state index in [1.807, 2.05) is 30.5 Å². The van der Waals surface area contributed by atoms with E-state index in [1.54, 1.807) is 27.7 Å². The van der Waals surface area contributed by atoms with Crippen LogP contribution in [0.4, 0.5) is 0 Å². The van der Waals surface area contributed by atoms with Gasteiger partial charge in [0, 0.05) is 0 Å². The molecule has 0 radical (unpaired) electrons. The Morgan fingerprint density at radius 1 is 1.25 bits per heavy atom.